The smallest absolute Gasteiger partial charge is 0.210 e. The Morgan fingerprint density at radius 3 is 2.56 bits per heavy atom. The molecule has 1 aromatic rings. The molecule has 0 saturated heterocycles. The van der Waals surface area contributed by atoms with E-state index in [9.17, 15) is 12.8 Å². The molecule has 0 saturated carbocycles. The van der Waals surface area contributed by atoms with Crippen molar-refractivity contribution in [1.29, 1.82) is 0 Å². The summed E-state index contributed by atoms with van der Waals surface area (Å²) in [6, 6.07) is 2.28. The minimum Gasteiger partial charge on any atom is -0.210 e. The molecule has 1 N–H and O–H groups in total. The second-order valence-electron chi connectivity index (χ2n) is 3.53. The Morgan fingerprint density at radius 1 is 1.39 bits per heavy atom. The van der Waals surface area contributed by atoms with Gasteiger partial charge in [0.25, 0.3) is 0 Å². The Bertz CT molecular complexity index is 536. The molecule has 1 atom stereocenters. The summed E-state index contributed by atoms with van der Waals surface area (Å²) in [6.07, 6.45) is 0.604. The van der Waals surface area contributed by atoms with Crippen molar-refractivity contribution in [3.05, 3.63) is 28.0 Å². The van der Waals surface area contributed by atoms with Crippen LogP contribution in [-0.4, -0.2) is 20.3 Å². The van der Waals surface area contributed by atoms with Crippen LogP contribution in [0.4, 0.5) is 4.39 Å². The number of halogens is 4. The highest BCUT2D eigenvalue weighted by molar-refractivity contribution is 7.89. The molecular weight excluding hydrogens is 324 g/mol. The first-order chi connectivity index (χ1) is 8.29. The number of nitrogens with one attached hydrogen (secondary N) is 1. The van der Waals surface area contributed by atoms with Gasteiger partial charge in [0.15, 0.2) is 5.82 Å². The summed E-state index contributed by atoms with van der Waals surface area (Å²) >= 11 is 16.9. The number of sulfonamides is 1. The number of benzene rings is 1. The highest BCUT2D eigenvalue weighted by Crippen LogP contribution is 2.29. The lowest BCUT2D eigenvalue weighted by atomic mass is 10.3. The van der Waals surface area contributed by atoms with Crippen molar-refractivity contribution in [1.82, 2.24) is 4.72 Å². The zero-order valence-corrected chi connectivity index (χ0v) is 12.5. The van der Waals surface area contributed by atoms with Crippen LogP contribution in [0.15, 0.2) is 17.0 Å². The molecule has 8 heteroatoms. The van der Waals surface area contributed by atoms with E-state index in [2.05, 4.69) is 4.72 Å². The molecule has 102 valence electrons. The van der Waals surface area contributed by atoms with Crippen LogP contribution in [0.3, 0.4) is 0 Å². The monoisotopic (exact) mass is 333 g/mol. The SMILES string of the molecule is CCC(Cl)CNS(=O)(=O)c1ccc(Cl)c(F)c1Cl. The zero-order valence-electron chi connectivity index (χ0n) is 9.38. The predicted molar refractivity (Wildman–Crippen MR) is 71.5 cm³/mol. The predicted octanol–water partition coefficient (Wildman–Crippen LogP) is 3.43. The first kappa shape index (κ1) is 16.0. The van der Waals surface area contributed by atoms with Gasteiger partial charge in [0.05, 0.1) is 10.0 Å². The molecule has 1 aromatic carbocycles. The molecule has 0 amide bonds. The van der Waals surface area contributed by atoms with Gasteiger partial charge in [0.2, 0.25) is 10.0 Å². The van der Waals surface area contributed by atoms with Gasteiger partial charge in [0, 0.05) is 11.9 Å². The van der Waals surface area contributed by atoms with Crippen LogP contribution in [0.1, 0.15) is 13.3 Å². The number of rotatable bonds is 5. The second-order valence-corrected chi connectivity index (χ2v) is 6.67. The van der Waals surface area contributed by atoms with Gasteiger partial charge in [-0.3, -0.25) is 0 Å². The minimum atomic E-state index is -3.90. The number of alkyl halides is 1. The summed E-state index contributed by atoms with van der Waals surface area (Å²) in [5, 5.41) is -1.10. The molecule has 0 heterocycles. The maximum absolute atomic E-state index is 13.4. The molecule has 0 bridgehead atoms. The van der Waals surface area contributed by atoms with Gasteiger partial charge in [-0.1, -0.05) is 30.1 Å². The van der Waals surface area contributed by atoms with Crippen LogP contribution >= 0.6 is 34.8 Å². The summed E-state index contributed by atoms with van der Waals surface area (Å²) < 4.78 is 39.4. The standard InChI is InChI=1S/C10H11Cl3FNO2S/c1-2-6(11)5-15-18(16,17)8-4-3-7(12)10(14)9(8)13/h3-4,6,15H,2,5H2,1H3. The van der Waals surface area contributed by atoms with E-state index in [4.69, 9.17) is 34.8 Å². The third kappa shape index (κ3) is 3.71. The Labute approximate surface area is 120 Å². The first-order valence-corrected chi connectivity index (χ1v) is 7.74. The fourth-order valence-corrected chi connectivity index (χ4v) is 3.13. The van der Waals surface area contributed by atoms with Crippen molar-refractivity contribution in [2.24, 2.45) is 0 Å². The quantitative estimate of drug-likeness (QED) is 0.662. The van der Waals surface area contributed by atoms with Gasteiger partial charge in [-0.15, -0.1) is 11.6 Å². The molecule has 1 rings (SSSR count). The van der Waals surface area contributed by atoms with E-state index in [-0.39, 0.29) is 21.8 Å². The molecule has 1 unspecified atom stereocenters. The van der Waals surface area contributed by atoms with Gasteiger partial charge in [0.1, 0.15) is 4.90 Å². The first-order valence-electron chi connectivity index (χ1n) is 5.06. The molecular formula is C10H11Cl3FNO2S. The van der Waals surface area contributed by atoms with E-state index < -0.39 is 20.9 Å². The van der Waals surface area contributed by atoms with Gasteiger partial charge >= 0.3 is 0 Å². The van der Waals surface area contributed by atoms with Crippen molar-refractivity contribution in [3.8, 4) is 0 Å². The van der Waals surface area contributed by atoms with Crippen LogP contribution in [0.2, 0.25) is 10.0 Å². The van der Waals surface area contributed by atoms with E-state index >= 15 is 0 Å². The van der Waals surface area contributed by atoms with E-state index in [0.29, 0.717) is 6.42 Å². The molecule has 3 nitrogen and oxygen atoms in total. The van der Waals surface area contributed by atoms with Crippen LogP contribution in [0.5, 0.6) is 0 Å². The highest BCUT2D eigenvalue weighted by atomic mass is 35.5. The average Bonchev–Trinajstić information content (AvgIpc) is 2.32. The Kier molecular flexibility index (Phi) is 5.67. The Morgan fingerprint density at radius 2 is 2.00 bits per heavy atom. The normalized spacial score (nSPS) is 13.6. The summed E-state index contributed by atoms with van der Waals surface area (Å²) in [6.45, 7) is 1.86. The maximum atomic E-state index is 13.4. The van der Waals surface area contributed by atoms with E-state index in [0.717, 1.165) is 12.1 Å². The third-order valence-corrected chi connectivity index (χ3v) is 4.93. The molecule has 0 aliphatic carbocycles. The van der Waals surface area contributed by atoms with Gasteiger partial charge < -0.3 is 0 Å². The van der Waals surface area contributed by atoms with Crippen molar-refractivity contribution in [3.63, 3.8) is 0 Å². The largest absolute Gasteiger partial charge is 0.242 e. The van der Waals surface area contributed by atoms with Gasteiger partial charge in [-0.25, -0.2) is 17.5 Å². The lowest BCUT2D eigenvalue weighted by Gasteiger charge is -2.11. The summed E-state index contributed by atoms with van der Waals surface area (Å²) in [5.41, 5.74) is 0. The summed E-state index contributed by atoms with van der Waals surface area (Å²) in [7, 11) is -3.90. The molecule has 18 heavy (non-hydrogen) atoms. The van der Waals surface area contributed by atoms with Crippen LogP contribution in [0, 0.1) is 5.82 Å². The minimum absolute atomic E-state index is 0.0426. The fraction of sp³-hybridized carbons (Fsp3) is 0.400. The van der Waals surface area contributed by atoms with E-state index in [1.165, 1.54) is 0 Å². The number of hydrogen-bond acceptors (Lipinski definition) is 2. The molecule has 0 aromatic heterocycles. The molecule has 0 aliphatic heterocycles. The van der Waals surface area contributed by atoms with Gasteiger partial charge in [-0.2, -0.15) is 0 Å². The average molecular weight is 335 g/mol. The second kappa shape index (κ2) is 6.39. The highest BCUT2D eigenvalue weighted by Gasteiger charge is 2.22. The lowest BCUT2D eigenvalue weighted by Crippen LogP contribution is -2.30. The van der Waals surface area contributed by atoms with Crippen molar-refractivity contribution in [2.45, 2.75) is 23.6 Å². The van der Waals surface area contributed by atoms with Crippen LogP contribution in [0.25, 0.3) is 0 Å². The fourth-order valence-electron chi connectivity index (χ4n) is 1.14. The molecule has 0 aliphatic rings. The Hall–Kier alpha value is -0.0700. The third-order valence-electron chi connectivity index (χ3n) is 2.23. The maximum Gasteiger partial charge on any atom is 0.242 e. The van der Waals surface area contributed by atoms with Crippen molar-refractivity contribution < 1.29 is 12.8 Å². The molecule has 0 fully saturated rings. The summed E-state index contributed by atoms with van der Waals surface area (Å²) in [5.74, 6) is -0.959. The number of hydrogen-bond donors (Lipinski definition) is 1. The summed E-state index contributed by atoms with van der Waals surface area (Å²) in [4.78, 5) is -0.356. The van der Waals surface area contributed by atoms with E-state index in [1.54, 1.807) is 0 Å². The topological polar surface area (TPSA) is 46.2 Å². The van der Waals surface area contributed by atoms with Gasteiger partial charge in [-0.05, 0) is 18.6 Å². The van der Waals surface area contributed by atoms with Crippen molar-refractivity contribution in [2.75, 3.05) is 6.54 Å². The molecule has 0 radical (unpaired) electrons. The zero-order chi connectivity index (χ0) is 13.9. The van der Waals surface area contributed by atoms with Crippen molar-refractivity contribution >= 4 is 44.8 Å². The van der Waals surface area contributed by atoms with Crippen LogP contribution in [-0.2, 0) is 10.0 Å². The molecule has 0 spiro atoms. The lowest BCUT2D eigenvalue weighted by molar-refractivity contribution is 0.575. The Balaban J connectivity index is 3.03. The van der Waals surface area contributed by atoms with Crippen LogP contribution < -0.4 is 4.72 Å². The van der Waals surface area contributed by atoms with E-state index in [1.807, 2.05) is 6.92 Å².